The smallest absolute Gasteiger partial charge is 0.244 e. The number of amides is 1. The second-order valence-electron chi connectivity index (χ2n) is 9.25. The Balaban J connectivity index is 1.51. The first kappa shape index (κ1) is 27.5. The van der Waals surface area contributed by atoms with Gasteiger partial charge in [-0.15, -0.1) is 0 Å². The maximum Gasteiger partial charge on any atom is 0.244 e. The highest BCUT2D eigenvalue weighted by Crippen LogP contribution is 2.37. The molecular formula is C32H33NO6. The lowest BCUT2D eigenvalue weighted by Crippen LogP contribution is -2.23. The van der Waals surface area contributed by atoms with Crippen LogP contribution in [0.5, 0.6) is 17.2 Å². The van der Waals surface area contributed by atoms with Crippen molar-refractivity contribution in [1.29, 1.82) is 0 Å². The van der Waals surface area contributed by atoms with Crippen molar-refractivity contribution in [3.63, 3.8) is 0 Å². The number of furan rings is 1. The Morgan fingerprint density at radius 1 is 0.923 bits per heavy atom. The number of ether oxygens (including phenoxy) is 3. The van der Waals surface area contributed by atoms with Gasteiger partial charge in [0.05, 0.1) is 14.2 Å². The van der Waals surface area contributed by atoms with Crippen LogP contribution in [0.3, 0.4) is 0 Å². The predicted octanol–water partition coefficient (Wildman–Crippen LogP) is 6.55. The summed E-state index contributed by atoms with van der Waals surface area (Å²) in [7, 11) is 3.19. The Morgan fingerprint density at radius 3 is 2.33 bits per heavy atom. The number of methoxy groups -OCH3 is 2. The van der Waals surface area contributed by atoms with Crippen molar-refractivity contribution in [2.45, 2.75) is 33.3 Å². The number of hydrogen-bond donors (Lipinski definition) is 1. The lowest BCUT2D eigenvalue weighted by atomic mass is 10.0. The molecule has 1 N–H and O–H groups in total. The summed E-state index contributed by atoms with van der Waals surface area (Å²) in [6.07, 6.45) is 1.97. The van der Waals surface area contributed by atoms with E-state index in [0.29, 0.717) is 41.2 Å². The van der Waals surface area contributed by atoms with Gasteiger partial charge < -0.3 is 23.9 Å². The highest BCUT2D eigenvalue weighted by molar-refractivity contribution is 6.03. The van der Waals surface area contributed by atoms with E-state index in [2.05, 4.69) is 5.32 Å². The van der Waals surface area contributed by atoms with Gasteiger partial charge in [-0.05, 0) is 66.8 Å². The normalized spacial score (nSPS) is 12.2. The van der Waals surface area contributed by atoms with Crippen LogP contribution in [0.4, 0.5) is 0 Å². The van der Waals surface area contributed by atoms with E-state index in [1.807, 2.05) is 74.5 Å². The van der Waals surface area contributed by atoms with Crippen molar-refractivity contribution in [3.05, 3.63) is 95.3 Å². The first-order valence-corrected chi connectivity index (χ1v) is 12.8. The first-order valence-electron chi connectivity index (χ1n) is 12.8. The molecule has 1 aromatic heterocycles. The summed E-state index contributed by atoms with van der Waals surface area (Å²) in [5.41, 5.74) is 4.04. The summed E-state index contributed by atoms with van der Waals surface area (Å²) in [6.45, 7) is 5.73. The van der Waals surface area contributed by atoms with Crippen molar-refractivity contribution in [2.24, 2.45) is 0 Å². The monoisotopic (exact) mass is 527 g/mol. The predicted molar refractivity (Wildman–Crippen MR) is 152 cm³/mol. The fourth-order valence-electron chi connectivity index (χ4n) is 4.38. The molecule has 0 bridgehead atoms. The number of ketones is 1. The highest BCUT2D eigenvalue weighted by atomic mass is 16.5. The van der Waals surface area contributed by atoms with Crippen molar-refractivity contribution < 1.29 is 28.2 Å². The molecule has 1 atom stereocenters. The topological polar surface area (TPSA) is 87.0 Å². The van der Waals surface area contributed by atoms with Gasteiger partial charge in [0, 0.05) is 24.9 Å². The number of carbonyl (C=O) groups excluding carboxylic acids is 2. The fourth-order valence-corrected chi connectivity index (χ4v) is 4.38. The minimum atomic E-state index is -0.223. The Kier molecular flexibility index (Phi) is 8.71. The van der Waals surface area contributed by atoms with Crippen LogP contribution < -0.4 is 19.5 Å². The maximum atomic E-state index is 12.7. The zero-order valence-electron chi connectivity index (χ0n) is 22.9. The molecule has 3 aromatic carbocycles. The Labute approximate surface area is 228 Å². The number of Topliss-reactive ketones (excluding diaryl/α,β-unsaturated/α-hetero) is 1. The number of nitrogens with one attached hydrogen (secondary N) is 1. The van der Waals surface area contributed by atoms with Crippen LogP contribution in [0, 0.1) is 0 Å². The number of carbonyl (C=O) groups is 2. The number of rotatable bonds is 11. The molecule has 7 nitrogen and oxygen atoms in total. The van der Waals surface area contributed by atoms with Crippen LogP contribution in [-0.2, 0) is 11.2 Å². The number of allylic oxidation sites excluding steroid dienone is 1. The van der Waals surface area contributed by atoms with Crippen LogP contribution in [0.25, 0.3) is 16.5 Å². The highest BCUT2D eigenvalue weighted by Gasteiger charge is 2.19. The first-order chi connectivity index (χ1) is 18.8. The third-order valence-corrected chi connectivity index (χ3v) is 6.50. The molecule has 1 unspecified atom stereocenters. The van der Waals surface area contributed by atoms with E-state index in [1.165, 1.54) is 6.92 Å². The van der Waals surface area contributed by atoms with E-state index in [9.17, 15) is 9.59 Å². The molecule has 1 heterocycles. The van der Waals surface area contributed by atoms with Crippen LogP contribution in [0.15, 0.2) is 77.2 Å². The van der Waals surface area contributed by atoms with Gasteiger partial charge in [0.25, 0.3) is 0 Å². The average molecular weight is 528 g/mol. The summed E-state index contributed by atoms with van der Waals surface area (Å²) >= 11 is 0. The molecule has 0 aliphatic rings. The zero-order valence-corrected chi connectivity index (χ0v) is 22.9. The molecular weight excluding hydrogens is 494 g/mol. The molecule has 4 aromatic rings. The van der Waals surface area contributed by atoms with Crippen LogP contribution in [-0.4, -0.2) is 32.5 Å². The summed E-state index contributed by atoms with van der Waals surface area (Å²) in [5, 5.41) is 3.65. The Bertz CT molecular complexity index is 1500. The molecule has 4 rings (SSSR count). The number of fused-ring (bicyclic) bond motifs is 1. The van der Waals surface area contributed by atoms with Gasteiger partial charge in [-0.2, -0.15) is 0 Å². The van der Waals surface area contributed by atoms with Gasteiger partial charge in [-0.25, -0.2) is 0 Å². The quantitative estimate of drug-likeness (QED) is 0.176. The lowest BCUT2D eigenvalue weighted by molar-refractivity contribution is -0.116. The fraction of sp³-hybridized carbons (Fsp3) is 0.250. The Morgan fingerprint density at radius 2 is 1.64 bits per heavy atom. The van der Waals surface area contributed by atoms with Crippen molar-refractivity contribution in [3.8, 4) is 17.2 Å². The largest absolute Gasteiger partial charge is 0.493 e. The lowest BCUT2D eigenvalue weighted by Gasteiger charge is -2.16. The van der Waals surface area contributed by atoms with Gasteiger partial charge in [0.2, 0.25) is 5.91 Å². The third kappa shape index (κ3) is 6.49. The van der Waals surface area contributed by atoms with E-state index >= 15 is 0 Å². The summed E-state index contributed by atoms with van der Waals surface area (Å²) < 4.78 is 22.8. The van der Waals surface area contributed by atoms with E-state index < -0.39 is 0 Å². The molecule has 0 saturated heterocycles. The average Bonchev–Trinajstić information content (AvgIpc) is 3.40. The van der Waals surface area contributed by atoms with Crippen molar-refractivity contribution in [1.82, 2.24) is 5.32 Å². The van der Waals surface area contributed by atoms with Crippen LogP contribution >= 0.6 is 0 Å². The molecule has 7 heteroatoms. The molecule has 0 spiro atoms. The van der Waals surface area contributed by atoms with Gasteiger partial charge in [0.15, 0.2) is 34.4 Å². The number of benzene rings is 3. The van der Waals surface area contributed by atoms with Crippen molar-refractivity contribution in [2.75, 3.05) is 20.8 Å². The molecule has 0 radical (unpaired) electrons. The maximum absolute atomic E-state index is 12.7. The molecule has 0 saturated carbocycles. The van der Waals surface area contributed by atoms with Gasteiger partial charge in [-0.3, -0.25) is 9.59 Å². The molecule has 0 aliphatic heterocycles. The van der Waals surface area contributed by atoms with Crippen molar-refractivity contribution >= 4 is 28.2 Å². The summed E-state index contributed by atoms with van der Waals surface area (Å²) in [6, 6.07) is 21.0. The molecule has 202 valence electrons. The molecule has 39 heavy (non-hydrogen) atoms. The third-order valence-electron chi connectivity index (χ3n) is 6.50. The van der Waals surface area contributed by atoms with Gasteiger partial charge in [-0.1, -0.05) is 42.5 Å². The van der Waals surface area contributed by atoms with E-state index in [4.69, 9.17) is 18.6 Å². The molecule has 0 fully saturated rings. The summed E-state index contributed by atoms with van der Waals surface area (Å²) in [5.74, 6) is 1.68. The van der Waals surface area contributed by atoms with Crippen LogP contribution in [0.1, 0.15) is 54.1 Å². The molecule has 0 aliphatic carbocycles. The second-order valence-corrected chi connectivity index (χ2v) is 9.25. The van der Waals surface area contributed by atoms with E-state index in [0.717, 1.165) is 22.3 Å². The second kappa shape index (κ2) is 12.3. The SMILES string of the molecule is COc1ccc(CCNC(=O)C=C(C)c2ccc(OC(C)c3ccccc3)c3oc(C(C)=O)cc23)cc1OC. The number of hydrogen-bond acceptors (Lipinski definition) is 6. The zero-order chi connectivity index (χ0) is 27.9. The van der Waals surface area contributed by atoms with E-state index in [-0.39, 0.29) is 23.6 Å². The Hall–Kier alpha value is -4.52. The van der Waals surface area contributed by atoms with Gasteiger partial charge >= 0.3 is 0 Å². The minimum Gasteiger partial charge on any atom is -0.493 e. The van der Waals surface area contributed by atoms with Crippen LogP contribution in [0.2, 0.25) is 0 Å². The summed E-state index contributed by atoms with van der Waals surface area (Å²) in [4.78, 5) is 24.8. The van der Waals surface area contributed by atoms with E-state index in [1.54, 1.807) is 26.4 Å². The molecule has 1 amide bonds. The minimum absolute atomic E-state index is 0.186. The standard InChI is InChI=1S/C32H33NO6/c1-20(17-31(35)33-16-15-23-11-13-27(36-4)30(18-23)37-5)25-12-14-28(32-26(25)19-29(39-32)21(2)34)38-22(3)24-9-7-6-8-10-24/h6-14,17-19,22H,15-16H2,1-5H3,(H,33,35). The van der Waals surface area contributed by atoms with Gasteiger partial charge in [0.1, 0.15) is 6.10 Å².